The SMILES string of the molecule is Cc1nc2ccccc2c(=O)n1CC(=O)NCCCN(C)c1ccccc1F. The summed E-state index contributed by atoms with van der Waals surface area (Å²) in [6.45, 7) is 2.67. The van der Waals surface area contributed by atoms with Crippen molar-refractivity contribution in [2.45, 2.75) is 19.9 Å². The van der Waals surface area contributed by atoms with Gasteiger partial charge in [-0.1, -0.05) is 24.3 Å². The Morgan fingerprint density at radius 3 is 2.68 bits per heavy atom. The molecule has 0 saturated carbocycles. The van der Waals surface area contributed by atoms with Gasteiger partial charge in [-0.3, -0.25) is 14.2 Å². The largest absolute Gasteiger partial charge is 0.372 e. The van der Waals surface area contributed by atoms with Crippen molar-refractivity contribution < 1.29 is 9.18 Å². The number of para-hydroxylation sites is 2. The molecule has 0 bridgehead atoms. The number of hydrogen-bond acceptors (Lipinski definition) is 4. The first-order valence-electron chi connectivity index (χ1n) is 9.16. The van der Waals surface area contributed by atoms with Gasteiger partial charge in [0.15, 0.2) is 0 Å². The van der Waals surface area contributed by atoms with E-state index in [1.54, 1.807) is 43.3 Å². The standard InChI is InChI=1S/C21H23FN4O2/c1-15-24-18-10-5-3-8-16(18)21(28)26(15)14-20(27)23-12-7-13-25(2)19-11-6-4-9-17(19)22/h3-6,8-11H,7,12-14H2,1-2H3,(H,23,27). The number of aryl methyl sites for hydroxylation is 1. The lowest BCUT2D eigenvalue weighted by Gasteiger charge is -2.20. The van der Waals surface area contributed by atoms with Gasteiger partial charge >= 0.3 is 0 Å². The van der Waals surface area contributed by atoms with Crippen LogP contribution in [0.1, 0.15) is 12.2 Å². The Labute approximate surface area is 162 Å². The fraction of sp³-hybridized carbons (Fsp3) is 0.286. The van der Waals surface area contributed by atoms with E-state index in [0.29, 0.717) is 41.9 Å². The first kappa shape index (κ1) is 19.5. The third-order valence-electron chi connectivity index (χ3n) is 4.61. The summed E-state index contributed by atoms with van der Waals surface area (Å²) in [7, 11) is 1.81. The van der Waals surface area contributed by atoms with Crippen LogP contribution in [0.3, 0.4) is 0 Å². The minimum Gasteiger partial charge on any atom is -0.372 e. The molecule has 1 N–H and O–H groups in total. The second-order valence-electron chi connectivity index (χ2n) is 6.64. The van der Waals surface area contributed by atoms with Crippen molar-refractivity contribution in [3.63, 3.8) is 0 Å². The summed E-state index contributed by atoms with van der Waals surface area (Å²) in [5.74, 6) is -0.0262. The van der Waals surface area contributed by atoms with Gasteiger partial charge in [0, 0.05) is 20.1 Å². The summed E-state index contributed by atoms with van der Waals surface area (Å²) in [5.41, 5.74) is 0.925. The minimum absolute atomic E-state index is 0.0777. The van der Waals surface area contributed by atoms with E-state index >= 15 is 0 Å². The zero-order valence-corrected chi connectivity index (χ0v) is 16.0. The summed E-state index contributed by atoms with van der Waals surface area (Å²) < 4.78 is 15.1. The molecule has 2 aromatic carbocycles. The lowest BCUT2D eigenvalue weighted by molar-refractivity contribution is -0.121. The molecule has 28 heavy (non-hydrogen) atoms. The Morgan fingerprint density at radius 2 is 1.89 bits per heavy atom. The van der Waals surface area contributed by atoms with Gasteiger partial charge in [-0.15, -0.1) is 0 Å². The molecule has 0 aliphatic rings. The lowest BCUT2D eigenvalue weighted by atomic mass is 10.2. The molecule has 3 rings (SSSR count). The van der Waals surface area contributed by atoms with Gasteiger partial charge in [0.1, 0.15) is 18.2 Å². The van der Waals surface area contributed by atoms with Crippen LogP contribution in [0.25, 0.3) is 10.9 Å². The summed E-state index contributed by atoms with van der Waals surface area (Å²) in [6, 6.07) is 13.7. The average molecular weight is 382 g/mol. The second kappa shape index (κ2) is 8.65. The molecule has 6 nitrogen and oxygen atoms in total. The van der Waals surface area contributed by atoms with Crippen LogP contribution < -0.4 is 15.8 Å². The van der Waals surface area contributed by atoms with Crippen LogP contribution in [0.2, 0.25) is 0 Å². The Kier molecular flexibility index (Phi) is 6.03. The van der Waals surface area contributed by atoms with Crippen molar-refractivity contribution in [2.24, 2.45) is 0 Å². The monoisotopic (exact) mass is 382 g/mol. The molecule has 1 amide bonds. The van der Waals surface area contributed by atoms with Gasteiger partial charge in [-0.25, -0.2) is 9.37 Å². The topological polar surface area (TPSA) is 67.2 Å². The van der Waals surface area contributed by atoms with E-state index in [9.17, 15) is 14.0 Å². The van der Waals surface area contributed by atoms with Gasteiger partial charge in [0.05, 0.1) is 16.6 Å². The van der Waals surface area contributed by atoms with Crippen LogP contribution in [-0.4, -0.2) is 35.6 Å². The van der Waals surface area contributed by atoms with Gasteiger partial charge in [-0.05, 0) is 37.6 Å². The maximum absolute atomic E-state index is 13.8. The van der Waals surface area contributed by atoms with E-state index < -0.39 is 0 Å². The molecule has 0 aliphatic heterocycles. The minimum atomic E-state index is -0.271. The van der Waals surface area contributed by atoms with E-state index in [1.807, 2.05) is 18.0 Å². The van der Waals surface area contributed by atoms with Crippen molar-refractivity contribution >= 4 is 22.5 Å². The summed E-state index contributed by atoms with van der Waals surface area (Å²) >= 11 is 0. The van der Waals surface area contributed by atoms with Gasteiger partial charge in [0.25, 0.3) is 5.56 Å². The maximum atomic E-state index is 13.8. The van der Waals surface area contributed by atoms with Crippen molar-refractivity contribution in [2.75, 3.05) is 25.0 Å². The Hall–Kier alpha value is -3.22. The average Bonchev–Trinajstić information content (AvgIpc) is 2.68. The molecule has 146 valence electrons. The van der Waals surface area contributed by atoms with Crippen molar-refractivity contribution in [1.29, 1.82) is 0 Å². The maximum Gasteiger partial charge on any atom is 0.261 e. The van der Waals surface area contributed by atoms with Gasteiger partial charge in [-0.2, -0.15) is 0 Å². The molecule has 0 saturated heterocycles. The third kappa shape index (κ3) is 4.36. The zero-order chi connectivity index (χ0) is 20.1. The Morgan fingerprint density at radius 1 is 1.18 bits per heavy atom. The fourth-order valence-electron chi connectivity index (χ4n) is 3.09. The molecule has 0 atom stereocenters. The molecule has 0 fully saturated rings. The number of amides is 1. The number of hydrogen-bond donors (Lipinski definition) is 1. The number of benzene rings is 2. The highest BCUT2D eigenvalue weighted by atomic mass is 19.1. The van der Waals surface area contributed by atoms with Crippen LogP contribution in [-0.2, 0) is 11.3 Å². The van der Waals surface area contributed by atoms with Crippen LogP contribution in [0.4, 0.5) is 10.1 Å². The molecule has 0 unspecified atom stereocenters. The highest BCUT2D eigenvalue weighted by Crippen LogP contribution is 2.16. The van der Waals surface area contributed by atoms with Crippen molar-refractivity contribution in [1.82, 2.24) is 14.9 Å². The Bertz CT molecular complexity index is 1050. The van der Waals surface area contributed by atoms with Gasteiger partial charge in [0.2, 0.25) is 5.91 Å². The van der Waals surface area contributed by atoms with Gasteiger partial charge < -0.3 is 10.2 Å². The molecule has 0 radical (unpaired) electrons. The number of anilines is 1. The van der Waals surface area contributed by atoms with Crippen LogP contribution in [0, 0.1) is 12.7 Å². The molecule has 1 heterocycles. The summed E-state index contributed by atoms with van der Waals surface area (Å²) in [4.78, 5) is 31.0. The quantitative estimate of drug-likeness (QED) is 0.638. The van der Waals surface area contributed by atoms with E-state index in [-0.39, 0.29) is 23.8 Å². The number of aromatic nitrogens is 2. The number of rotatable bonds is 7. The molecule has 7 heteroatoms. The van der Waals surface area contributed by atoms with Crippen LogP contribution in [0.5, 0.6) is 0 Å². The lowest BCUT2D eigenvalue weighted by Crippen LogP contribution is -2.35. The van der Waals surface area contributed by atoms with E-state index in [2.05, 4.69) is 10.3 Å². The normalized spacial score (nSPS) is 10.8. The number of fused-ring (bicyclic) bond motifs is 1. The number of carbonyl (C=O) groups is 1. The summed E-state index contributed by atoms with van der Waals surface area (Å²) in [6.07, 6.45) is 0.653. The highest BCUT2D eigenvalue weighted by Gasteiger charge is 2.11. The summed E-state index contributed by atoms with van der Waals surface area (Å²) in [5, 5.41) is 3.30. The van der Waals surface area contributed by atoms with Crippen LogP contribution >= 0.6 is 0 Å². The first-order chi connectivity index (χ1) is 13.5. The first-order valence-corrected chi connectivity index (χ1v) is 9.16. The smallest absolute Gasteiger partial charge is 0.261 e. The van der Waals surface area contributed by atoms with E-state index in [4.69, 9.17) is 0 Å². The highest BCUT2D eigenvalue weighted by molar-refractivity contribution is 5.79. The van der Waals surface area contributed by atoms with Crippen molar-refractivity contribution in [3.05, 3.63) is 70.5 Å². The molecule has 1 aromatic heterocycles. The van der Waals surface area contributed by atoms with E-state index in [0.717, 1.165) is 0 Å². The number of halogens is 1. The molecular weight excluding hydrogens is 359 g/mol. The molecular formula is C21H23FN4O2. The number of nitrogens with one attached hydrogen (secondary N) is 1. The molecule has 0 spiro atoms. The number of carbonyl (C=O) groups excluding carboxylic acids is 1. The van der Waals surface area contributed by atoms with Crippen LogP contribution in [0.15, 0.2) is 53.3 Å². The van der Waals surface area contributed by atoms with Crippen molar-refractivity contribution in [3.8, 4) is 0 Å². The predicted molar refractivity (Wildman–Crippen MR) is 108 cm³/mol. The predicted octanol–water partition coefficient (Wildman–Crippen LogP) is 2.49. The third-order valence-corrected chi connectivity index (χ3v) is 4.61. The molecule has 0 aliphatic carbocycles. The van der Waals surface area contributed by atoms with E-state index in [1.165, 1.54) is 10.6 Å². The fourth-order valence-corrected chi connectivity index (χ4v) is 3.09. The number of nitrogens with zero attached hydrogens (tertiary/aromatic N) is 3. The second-order valence-corrected chi connectivity index (χ2v) is 6.64. The molecule has 3 aromatic rings. The zero-order valence-electron chi connectivity index (χ0n) is 16.0. The Balaban J connectivity index is 1.55.